The number of carbonyl (C=O) groups is 1. The normalized spacial score (nSPS) is 11.0. The molecule has 10 nitrogen and oxygen atoms in total. The van der Waals surface area contributed by atoms with Crippen LogP contribution in [0.25, 0.3) is 0 Å². The van der Waals surface area contributed by atoms with Crippen molar-refractivity contribution >= 4 is 27.5 Å². The zero-order valence-corrected chi connectivity index (χ0v) is 11.9. The molecule has 0 aliphatic carbocycles. The number of sulfonamides is 1. The molecule has 0 radical (unpaired) electrons. The maximum atomic E-state index is 11.3. The van der Waals surface area contributed by atoms with Gasteiger partial charge in [0.25, 0.3) is 0 Å². The first kappa shape index (κ1) is 16.8. The molecule has 1 heterocycles. The van der Waals surface area contributed by atoms with Crippen molar-refractivity contribution in [3.05, 3.63) is 27.9 Å². The van der Waals surface area contributed by atoms with Gasteiger partial charge < -0.3 is 10.1 Å². The largest absolute Gasteiger partial charge is 0.464 e. The third-order valence-electron chi connectivity index (χ3n) is 2.36. The molecule has 0 fully saturated rings. The van der Waals surface area contributed by atoms with E-state index in [-0.39, 0.29) is 35.9 Å². The Morgan fingerprint density at radius 3 is 2.71 bits per heavy atom. The second-order valence-electron chi connectivity index (χ2n) is 3.96. The lowest BCUT2D eigenvalue weighted by atomic mass is 10.3. The van der Waals surface area contributed by atoms with Crippen molar-refractivity contribution in [3.8, 4) is 0 Å². The van der Waals surface area contributed by atoms with Gasteiger partial charge in [-0.15, -0.1) is 0 Å². The first-order chi connectivity index (χ1) is 9.74. The van der Waals surface area contributed by atoms with Gasteiger partial charge in [0.1, 0.15) is 0 Å². The number of rotatable bonds is 7. The minimum absolute atomic E-state index is 0.0922. The molecule has 116 valence electrons. The van der Waals surface area contributed by atoms with Gasteiger partial charge in [0, 0.05) is 12.6 Å². The number of anilines is 1. The van der Waals surface area contributed by atoms with Crippen LogP contribution in [0.5, 0.6) is 0 Å². The van der Waals surface area contributed by atoms with E-state index in [1.807, 2.05) is 0 Å². The Kier molecular flexibility index (Phi) is 5.55. The summed E-state index contributed by atoms with van der Waals surface area (Å²) in [6, 6.07) is 2.28. The number of primary sulfonamides is 1. The monoisotopic (exact) mass is 318 g/mol. The SMILES string of the molecule is COC(=O)c1ccc([N+](=O)[O-])c(NCCCS(N)(=O)=O)n1. The Balaban J connectivity index is 2.86. The van der Waals surface area contributed by atoms with Crippen molar-refractivity contribution < 1.29 is 22.9 Å². The molecule has 0 unspecified atom stereocenters. The van der Waals surface area contributed by atoms with Gasteiger partial charge in [-0.2, -0.15) is 0 Å². The van der Waals surface area contributed by atoms with Gasteiger partial charge in [-0.3, -0.25) is 10.1 Å². The molecule has 0 amide bonds. The van der Waals surface area contributed by atoms with E-state index < -0.39 is 20.9 Å². The van der Waals surface area contributed by atoms with Crippen LogP contribution in [0, 0.1) is 10.1 Å². The van der Waals surface area contributed by atoms with Crippen molar-refractivity contribution in [2.75, 3.05) is 24.7 Å². The number of nitrogens with zero attached hydrogens (tertiary/aromatic N) is 2. The number of esters is 1. The van der Waals surface area contributed by atoms with Crippen LogP contribution in [0.4, 0.5) is 11.5 Å². The number of carbonyl (C=O) groups excluding carboxylic acids is 1. The zero-order valence-electron chi connectivity index (χ0n) is 11.1. The smallest absolute Gasteiger partial charge is 0.356 e. The van der Waals surface area contributed by atoms with Gasteiger partial charge in [0.2, 0.25) is 15.8 Å². The first-order valence-electron chi connectivity index (χ1n) is 5.72. The number of ether oxygens (including phenoxy) is 1. The topological polar surface area (TPSA) is 155 Å². The predicted octanol–water partition coefficient (Wildman–Crippen LogP) is -0.133. The second-order valence-corrected chi connectivity index (χ2v) is 5.69. The minimum atomic E-state index is -3.60. The van der Waals surface area contributed by atoms with Crippen molar-refractivity contribution in [3.63, 3.8) is 0 Å². The highest BCUT2D eigenvalue weighted by molar-refractivity contribution is 7.89. The molecule has 0 aromatic carbocycles. The van der Waals surface area contributed by atoms with E-state index in [2.05, 4.69) is 15.0 Å². The van der Waals surface area contributed by atoms with E-state index in [0.29, 0.717) is 0 Å². The molecule has 3 N–H and O–H groups in total. The van der Waals surface area contributed by atoms with Crippen molar-refractivity contribution in [1.29, 1.82) is 0 Å². The average Bonchev–Trinajstić information content (AvgIpc) is 2.41. The number of pyridine rings is 1. The Labute approximate surface area is 120 Å². The Morgan fingerprint density at radius 2 is 2.19 bits per heavy atom. The molecule has 0 bridgehead atoms. The fraction of sp³-hybridized carbons (Fsp3) is 0.400. The van der Waals surface area contributed by atoms with E-state index in [1.54, 1.807) is 0 Å². The van der Waals surface area contributed by atoms with Crippen molar-refractivity contribution in [2.45, 2.75) is 6.42 Å². The molecule has 11 heteroatoms. The molecular weight excluding hydrogens is 304 g/mol. The van der Waals surface area contributed by atoms with E-state index in [1.165, 1.54) is 6.07 Å². The summed E-state index contributed by atoms with van der Waals surface area (Å²) in [7, 11) is -2.44. The summed E-state index contributed by atoms with van der Waals surface area (Å²) in [6.07, 6.45) is 0.139. The third-order valence-corrected chi connectivity index (χ3v) is 3.22. The molecule has 21 heavy (non-hydrogen) atoms. The summed E-state index contributed by atoms with van der Waals surface area (Å²) < 4.78 is 26.0. The zero-order chi connectivity index (χ0) is 16.0. The standard InChI is InChI=1S/C10H14N4O6S/c1-20-10(15)7-3-4-8(14(16)17)9(13-7)12-5-2-6-21(11,18)19/h3-4H,2,5-6H2,1H3,(H,12,13)(H2,11,18,19). The van der Waals surface area contributed by atoms with E-state index in [9.17, 15) is 23.3 Å². The van der Waals surface area contributed by atoms with Crippen LogP contribution in [0.3, 0.4) is 0 Å². The lowest BCUT2D eigenvalue weighted by Crippen LogP contribution is -2.19. The predicted molar refractivity (Wildman–Crippen MR) is 73.3 cm³/mol. The number of methoxy groups -OCH3 is 1. The summed E-state index contributed by atoms with van der Waals surface area (Å²) in [5.74, 6) is -1.15. The number of nitrogens with two attached hydrogens (primary N) is 1. The Morgan fingerprint density at radius 1 is 1.52 bits per heavy atom. The maximum Gasteiger partial charge on any atom is 0.356 e. The van der Waals surface area contributed by atoms with Crippen molar-refractivity contribution in [1.82, 2.24) is 4.98 Å². The first-order valence-corrected chi connectivity index (χ1v) is 7.44. The molecule has 0 aliphatic heterocycles. The average molecular weight is 318 g/mol. The molecule has 1 aromatic rings. The van der Waals surface area contributed by atoms with Gasteiger partial charge in [-0.25, -0.2) is 23.3 Å². The summed E-state index contributed by atoms with van der Waals surface area (Å²) in [6.45, 7) is 0.0922. The van der Waals surface area contributed by atoms with E-state index >= 15 is 0 Å². The lowest BCUT2D eigenvalue weighted by Gasteiger charge is -2.07. The fourth-order valence-electron chi connectivity index (χ4n) is 1.43. The highest BCUT2D eigenvalue weighted by atomic mass is 32.2. The molecule has 0 saturated heterocycles. The van der Waals surface area contributed by atoms with Gasteiger partial charge in [0.05, 0.1) is 17.8 Å². The molecule has 0 spiro atoms. The van der Waals surface area contributed by atoms with Gasteiger partial charge in [0.15, 0.2) is 5.69 Å². The second kappa shape index (κ2) is 6.95. The highest BCUT2D eigenvalue weighted by Crippen LogP contribution is 2.22. The summed E-state index contributed by atoms with van der Waals surface area (Å²) in [5, 5.41) is 18.3. The molecular formula is C10H14N4O6S. The molecule has 0 saturated carbocycles. The molecule has 1 rings (SSSR count). The third kappa shape index (κ3) is 5.31. The number of nitro groups is 1. The minimum Gasteiger partial charge on any atom is -0.464 e. The number of nitrogens with one attached hydrogen (secondary N) is 1. The molecule has 0 atom stereocenters. The number of hydrogen-bond donors (Lipinski definition) is 2. The van der Waals surface area contributed by atoms with Gasteiger partial charge >= 0.3 is 11.7 Å². The van der Waals surface area contributed by atoms with Crippen LogP contribution in [0.15, 0.2) is 12.1 Å². The fourth-order valence-corrected chi connectivity index (χ4v) is 1.97. The summed E-state index contributed by atoms with van der Waals surface area (Å²) >= 11 is 0. The van der Waals surface area contributed by atoms with Crippen LogP contribution in [0.2, 0.25) is 0 Å². The molecule has 0 aliphatic rings. The number of hydrogen-bond acceptors (Lipinski definition) is 8. The van der Waals surface area contributed by atoms with Crippen LogP contribution in [0.1, 0.15) is 16.9 Å². The van der Waals surface area contributed by atoms with Crippen LogP contribution >= 0.6 is 0 Å². The van der Waals surface area contributed by atoms with Gasteiger partial charge in [-0.05, 0) is 12.5 Å². The van der Waals surface area contributed by atoms with E-state index in [4.69, 9.17) is 5.14 Å². The van der Waals surface area contributed by atoms with Gasteiger partial charge in [-0.1, -0.05) is 0 Å². The van der Waals surface area contributed by atoms with Crippen LogP contribution < -0.4 is 10.5 Å². The van der Waals surface area contributed by atoms with Crippen molar-refractivity contribution in [2.24, 2.45) is 5.14 Å². The highest BCUT2D eigenvalue weighted by Gasteiger charge is 2.18. The molecule has 1 aromatic heterocycles. The van der Waals surface area contributed by atoms with E-state index in [0.717, 1.165) is 13.2 Å². The Hall–Kier alpha value is -2.27. The summed E-state index contributed by atoms with van der Waals surface area (Å²) in [5.41, 5.74) is -0.435. The Bertz CT molecular complexity index is 645. The number of aromatic nitrogens is 1. The lowest BCUT2D eigenvalue weighted by molar-refractivity contribution is -0.384. The van der Waals surface area contributed by atoms with Crippen LogP contribution in [-0.4, -0.2) is 43.7 Å². The van der Waals surface area contributed by atoms with Crippen LogP contribution in [-0.2, 0) is 14.8 Å². The maximum absolute atomic E-state index is 11.3. The summed E-state index contributed by atoms with van der Waals surface area (Å²) in [4.78, 5) is 25.3. The quantitative estimate of drug-likeness (QED) is 0.305.